The van der Waals surface area contributed by atoms with E-state index >= 15 is 0 Å². The average Bonchev–Trinajstić information content (AvgIpc) is 3.36. The predicted molar refractivity (Wildman–Crippen MR) is 129 cm³/mol. The zero-order valence-corrected chi connectivity index (χ0v) is 19.7. The molecule has 0 bridgehead atoms. The van der Waals surface area contributed by atoms with Crippen LogP contribution in [0.25, 0.3) is 21.2 Å². The fraction of sp³-hybridized carbons (Fsp3) is 0.333. The number of benzene rings is 2. The standard InChI is InChI=1S/C24H25N5O3S/c1-14-10-17-19(27-32-20(17)11-15(14)2)13-22(30)26-24-25-18-5-4-16(12-21(18)33-24)23(31)29-8-6-28(3)7-9-29/h4-5,10-12H,6-9,13H2,1-3H3,(H,25,26,30). The molecule has 2 aromatic carbocycles. The second-order valence-corrected chi connectivity index (χ2v) is 9.61. The van der Waals surface area contributed by atoms with E-state index in [-0.39, 0.29) is 18.2 Å². The summed E-state index contributed by atoms with van der Waals surface area (Å²) in [5.74, 6) is -0.177. The summed E-state index contributed by atoms with van der Waals surface area (Å²) in [4.78, 5) is 34.1. The topological polar surface area (TPSA) is 91.6 Å². The van der Waals surface area contributed by atoms with Gasteiger partial charge in [0.25, 0.3) is 5.91 Å². The van der Waals surface area contributed by atoms with E-state index in [1.807, 2.05) is 43.0 Å². The summed E-state index contributed by atoms with van der Waals surface area (Å²) in [6, 6.07) is 9.44. The van der Waals surface area contributed by atoms with Crippen molar-refractivity contribution in [1.29, 1.82) is 0 Å². The molecule has 170 valence electrons. The summed E-state index contributed by atoms with van der Waals surface area (Å²) < 4.78 is 6.26. The Kier molecular flexibility index (Phi) is 5.59. The normalized spacial score (nSPS) is 14.8. The van der Waals surface area contributed by atoms with Crippen LogP contribution >= 0.6 is 11.3 Å². The molecule has 0 radical (unpaired) electrons. The summed E-state index contributed by atoms with van der Waals surface area (Å²) in [6.45, 7) is 7.26. The Morgan fingerprint density at radius 3 is 2.64 bits per heavy atom. The summed E-state index contributed by atoms with van der Waals surface area (Å²) in [5.41, 5.74) is 4.93. The van der Waals surface area contributed by atoms with Crippen LogP contribution in [0.4, 0.5) is 5.13 Å². The third-order valence-corrected chi connectivity index (χ3v) is 7.09. The lowest BCUT2D eigenvalue weighted by Crippen LogP contribution is -2.47. The van der Waals surface area contributed by atoms with Crippen molar-refractivity contribution in [3.8, 4) is 0 Å². The number of fused-ring (bicyclic) bond motifs is 2. The maximum absolute atomic E-state index is 12.9. The van der Waals surface area contributed by atoms with Crippen LogP contribution in [0.5, 0.6) is 0 Å². The molecule has 0 unspecified atom stereocenters. The summed E-state index contributed by atoms with van der Waals surface area (Å²) in [5, 5.41) is 8.30. The van der Waals surface area contributed by atoms with E-state index < -0.39 is 0 Å². The van der Waals surface area contributed by atoms with Gasteiger partial charge in [0, 0.05) is 37.1 Å². The number of aromatic nitrogens is 2. The molecular weight excluding hydrogens is 438 g/mol. The van der Waals surface area contributed by atoms with Crippen molar-refractivity contribution in [3.63, 3.8) is 0 Å². The van der Waals surface area contributed by atoms with Crippen molar-refractivity contribution in [2.75, 3.05) is 38.5 Å². The van der Waals surface area contributed by atoms with E-state index in [0.29, 0.717) is 22.0 Å². The first-order valence-electron chi connectivity index (χ1n) is 10.9. The van der Waals surface area contributed by atoms with Crippen molar-refractivity contribution < 1.29 is 14.1 Å². The minimum absolute atomic E-state index is 0.0347. The lowest BCUT2D eigenvalue weighted by atomic mass is 10.1. The van der Waals surface area contributed by atoms with Gasteiger partial charge in [-0.05, 0) is 62.4 Å². The van der Waals surface area contributed by atoms with Crippen LogP contribution in [0.3, 0.4) is 0 Å². The Hall–Kier alpha value is -3.30. The summed E-state index contributed by atoms with van der Waals surface area (Å²) in [7, 11) is 2.06. The smallest absolute Gasteiger partial charge is 0.253 e. The van der Waals surface area contributed by atoms with Gasteiger partial charge in [-0.2, -0.15) is 0 Å². The van der Waals surface area contributed by atoms with Crippen LogP contribution in [0, 0.1) is 13.8 Å². The number of carbonyl (C=O) groups is 2. The molecule has 5 rings (SSSR count). The maximum Gasteiger partial charge on any atom is 0.253 e. The minimum atomic E-state index is -0.212. The zero-order chi connectivity index (χ0) is 23.1. The van der Waals surface area contributed by atoms with E-state index in [1.165, 1.54) is 11.3 Å². The highest BCUT2D eigenvalue weighted by molar-refractivity contribution is 7.22. The largest absolute Gasteiger partial charge is 0.356 e. The molecule has 3 heterocycles. The van der Waals surface area contributed by atoms with E-state index in [4.69, 9.17) is 4.52 Å². The number of nitrogens with zero attached hydrogens (tertiary/aromatic N) is 4. The van der Waals surface area contributed by atoms with E-state index in [2.05, 4.69) is 27.4 Å². The highest BCUT2D eigenvalue weighted by Gasteiger charge is 2.21. The van der Waals surface area contributed by atoms with Crippen LogP contribution in [0.2, 0.25) is 0 Å². The fourth-order valence-electron chi connectivity index (χ4n) is 3.99. The molecule has 0 saturated carbocycles. The SMILES string of the molecule is Cc1cc2onc(CC(=O)Nc3nc4ccc(C(=O)N5CCN(C)CC5)cc4s3)c2cc1C. The van der Waals surface area contributed by atoms with Gasteiger partial charge in [0.15, 0.2) is 10.7 Å². The van der Waals surface area contributed by atoms with Gasteiger partial charge in [-0.3, -0.25) is 9.59 Å². The molecule has 9 heteroatoms. The van der Waals surface area contributed by atoms with Gasteiger partial charge < -0.3 is 19.6 Å². The molecule has 8 nitrogen and oxygen atoms in total. The molecule has 33 heavy (non-hydrogen) atoms. The number of anilines is 1. The highest BCUT2D eigenvalue weighted by atomic mass is 32.1. The van der Waals surface area contributed by atoms with E-state index in [1.54, 1.807) is 6.07 Å². The molecule has 2 aromatic heterocycles. The highest BCUT2D eigenvalue weighted by Crippen LogP contribution is 2.28. The van der Waals surface area contributed by atoms with Crippen LogP contribution in [0.15, 0.2) is 34.9 Å². The number of thiazole rings is 1. The number of nitrogens with one attached hydrogen (secondary N) is 1. The molecule has 1 fully saturated rings. The number of carbonyl (C=O) groups excluding carboxylic acids is 2. The molecule has 1 aliphatic heterocycles. The van der Waals surface area contributed by atoms with Gasteiger partial charge in [-0.1, -0.05) is 16.5 Å². The maximum atomic E-state index is 12.9. The minimum Gasteiger partial charge on any atom is -0.356 e. The summed E-state index contributed by atoms with van der Waals surface area (Å²) in [6.07, 6.45) is 0.0958. The first-order valence-corrected chi connectivity index (χ1v) is 11.7. The average molecular weight is 464 g/mol. The van der Waals surface area contributed by atoms with Gasteiger partial charge in [0.2, 0.25) is 5.91 Å². The van der Waals surface area contributed by atoms with Crippen molar-refractivity contribution in [1.82, 2.24) is 19.9 Å². The second-order valence-electron chi connectivity index (χ2n) is 8.58. The molecule has 1 saturated heterocycles. The van der Waals surface area contributed by atoms with Crippen molar-refractivity contribution in [3.05, 3.63) is 52.7 Å². The van der Waals surface area contributed by atoms with Crippen molar-refractivity contribution in [2.45, 2.75) is 20.3 Å². The Balaban J connectivity index is 1.30. The fourth-order valence-corrected chi connectivity index (χ4v) is 4.91. The lowest BCUT2D eigenvalue weighted by molar-refractivity contribution is -0.115. The molecule has 2 amide bonds. The van der Waals surface area contributed by atoms with Gasteiger partial charge in [-0.15, -0.1) is 0 Å². The van der Waals surface area contributed by atoms with Gasteiger partial charge in [0.05, 0.1) is 16.6 Å². The number of hydrogen-bond acceptors (Lipinski definition) is 7. The molecule has 1 aliphatic rings. The van der Waals surface area contributed by atoms with E-state index in [9.17, 15) is 9.59 Å². The quantitative estimate of drug-likeness (QED) is 0.497. The molecular formula is C24H25N5O3S. The Morgan fingerprint density at radius 2 is 1.85 bits per heavy atom. The van der Waals surface area contributed by atoms with Crippen molar-refractivity contribution >= 4 is 49.5 Å². The van der Waals surface area contributed by atoms with Gasteiger partial charge in [0.1, 0.15) is 5.69 Å². The number of amides is 2. The second kappa shape index (κ2) is 8.57. The number of hydrogen-bond donors (Lipinski definition) is 1. The monoisotopic (exact) mass is 463 g/mol. The third kappa shape index (κ3) is 4.34. The van der Waals surface area contributed by atoms with Crippen LogP contribution in [0.1, 0.15) is 27.2 Å². The number of likely N-dealkylation sites (N-methyl/N-ethyl adjacent to an activating group) is 1. The Bertz CT molecular complexity index is 1370. The number of piperazine rings is 1. The van der Waals surface area contributed by atoms with E-state index in [0.717, 1.165) is 52.9 Å². The number of aryl methyl sites for hydroxylation is 2. The summed E-state index contributed by atoms with van der Waals surface area (Å²) >= 11 is 1.36. The zero-order valence-electron chi connectivity index (χ0n) is 18.8. The molecule has 4 aromatic rings. The number of rotatable bonds is 4. The van der Waals surface area contributed by atoms with Gasteiger partial charge >= 0.3 is 0 Å². The van der Waals surface area contributed by atoms with Crippen LogP contribution < -0.4 is 5.32 Å². The lowest BCUT2D eigenvalue weighted by Gasteiger charge is -2.32. The Labute approximate surface area is 195 Å². The van der Waals surface area contributed by atoms with Gasteiger partial charge in [-0.25, -0.2) is 4.98 Å². The first kappa shape index (κ1) is 21.5. The third-order valence-electron chi connectivity index (χ3n) is 6.16. The van der Waals surface area contributed by atoms with Crippen LogP contribution in [-0.4, -0.2) is 65.0 Å². The van der Waals surface area contributed by atoms with Crippen LogP contribution in [-0.2, 0) is 11.2 Å². The molecule has 1 N–H and O–H groups in total. The van der Waals surface area contributed by atoms with Crippen molar-refractivity contribution in [2.24, 2.45) is 0 Å². The Morgan fingerprint density at radius 1 is 1.09 bits per heavy atom. The predicted octanol–water partition coefficient (Wildman–Crippen LogP) is 3.62. The molecule has 0 atom stereocenters. The molecule has 0 aliphatic carbocycles. The first-order chi connectivity index (χ1) is 15.9. The molecule has 0 spiro atoms.